The lowest BCUT2D eigenvalue weighted by Gasteiger charge is -2.29. The van der Waals surface area contributed by atoms with E-state index < -0.39 is 24.0 Å². The number of benzene rings is 1. The van der Waals surface area contributed by atoms with Crippen LogP contribution < -0.4 is 15.4 Å². The predicted molar refractivity (Wildman–Crippen MR) is 113 cm³/mol. The number of hydrogen-bond acceptors (Lipinski definition) is 7. The summed E-state index contributed by atoms with van der Waals surface area (Å²) in [6, 6.07) is 8.99. The zero-order chi connectivity index (χ0) is 21.7. The Morgan fingerprint density at radius 2 is 1.83 bits per heavy atom. The highest BCUT2D eigenvalue weighted by Crippen LogP contribution is 2.29. The van der Waals surface area contributed by atoms with Crippen molar-refractivity contribution < 1.29 is 28.6 Å². The Bertz CT molecular complexity index is 985. The predicted octanol–water partition coefficient (Wildman–Crippen LogP) is 3.55. The van der Waals surface area contributed by atoms with Crippen LogP contribution in [0.2, 0.25) is 0 Å². The van der Waals surface area contributed by atoms with Gasteiger partial charge >= 0.3 is 18.0 Å². The van der Waals surface area contributed by atoms with Crippen LogP contribution in [-0.4, -0.2) is 38.3 Å². The zero-order valence-corrected chi connectivity index (χ0v) is 18.6. The second kappa shape index (κ2) is 9.77. The third kappa shape index (κ3) is 5.00. The molecule has 2 amide bonds. The molecule has 0 radical (unpaired) electrons. The number of rotatable bonds is 7. The fourth-order valence-corrected chi connectivity index (χ4v) is 4.14. The second-order valence-electron chi connectivity index (χ2n) is 6.10. The lowest BCUT2D eigenvalue weighted by molar-refractivity contribution is -0.139. The Balaban J connectivity index is 1.91. The van der Waals surface area contributed by atoms with Crippen LogP contribution in [0.25, 0.3) is 0 Å². The molecule has 2 N–H and O–H groups in total. The van der Waals surface area contributed by atoms with Crippen LogP contribution >= 0.6 is 27.3 Å². The Labute approximate surface area is 185 Å². The van der Waals surface area contributed by atoms with Crippen LogP contribution in [0.1, 0.15) is 28.2 Å². The Morgan fingerprint density at radius 3 is 2.43 bits per heavy atom. The van der Waals surface area contributed by atoms with Crippen LogP contribution in [0.5, 0.6) is 5.75 Å². The number of carbonyl (C=O) groups excluding carboxylic acids is 3. The molecule has 1 aromatic heterocycles. The largest absolute Gasteiger partial charge is 0.497 e. The Hall–Kier alpha value is -2.85. The molecule has 3 rings (SSSR count). The van der Waals surface area contributed by atoms with Gasteiger partial charge in [-0.3, -0.25) is 0 Å². The van der Waals surface area contributed by atoms with E-state index in [9.17, 15) is 14.4 Å². The summed E-state index contributed by atoms with van der Waals surface area (Å²) >= 11 is 4.51. The summed E-state index contributed by atoms with van der Waals surface area (Å²) in [5.41, 5.74) is 0.989. The van der Waals surface area contributed by atoms with Gasteiger partial charge in [-0.2, -0.15) is 0 Å². The van der Waals surface area contributed by atoms with Crippen molar-refractivity contribution in [3.8, 4) is 5.75 Å². The van der Waals surface area contributed by atoms with Crippen LogP contribution in [0, 0.1) is 0 Å². The maximum atomic E-state index is 12.7. The van der Waals surface area contributed by atoms with Gasteiger partial charge in [0.2, 0.25) is 0 Å². The summed E-state index contributed by atoms with van der Waals surface area (Å²) in [5.74, 6) is -0.539. The van der Waals surface area contributed by atoms with Crippen molar-refractivity contribution in [2.24, 2.45) is 0 Å². The highest BCUT2D eigenvalue weighted by Gasteiger charge is 2.34. The quantitative estimate of drug-likeness (QED) is 0.570. The monoisotopic (exact) mass is 494 g/mol. The molecule has 1 unspecified atom stereocenters. The van der Waals surface area contributed by atoms with E-state index >= 15 is 0 Å². The average Bonchev–Trinajstić information content (AvgIpc) is 3.18. The molecule has 0 bridgehead atoms. The number of nitrogens with one attached hydrogen (secondary N) is 2. The summed E-state index contributed by atoms with van der Waals surface area (Å²) < 4.78 is 16.5. The van der Waals surface area contributed by atoms with E-state index in [4.69, 9.17) is 14.2 Å². The first-order chi connectivity index (χ1) is 14.4. The van der Waals surface area contributed by atoms with Crippen molar-refractivity contribution in [2.45, 2.75) is 13.0 Å². The molecular formula is C20H19BrN2O6S. The minimum Gasteiger partial charge on any atom is -0.497 e. The smallest absolute Gasteiger partial charge is 0.348 e. The number of halogens is 1. The van der Waals surface area contributed by atoms with Gasteiger partial charge in [0.15, 0.2) is 0 Å². The number of ether oxygens (including phenoxy) is 3. The minimum atomic E-state index is -0.770. The maximum Gasteiger partial charge on any atom is 0.348 e. The molecule has 0 spiro atoms. The lowest BCUT2D eigenvalue weighted by atomic mass is 9.95. The molecule has 10 heteroatoms. The molecule has 2 heterocycles. The van der Waals surface area contributed by atoms with E-state index in [2.05, 4.69) is 26.6 Å². The first-order valence-corrected chi connectivity index (χ1v) is 10.6. The van der Waals surface area contributed by atoms with Gasteiger partial charge in [-0.25, -0.2) is 14.4 Å². The molecule has 0 aliphatic carbocycles. The summed E-state index contributed by atoms with van der Waals surface area (Å²) in [4.78, 5) is 37.6. The fraction of sp³-hybridized carbons (Fsp3) is 0.250. The molecule has 0 saturated heterocycles. The third-order valence-electron chi connectivity index (χ3n) is 4.22. The zero-order valence-electron chi connectivity index (χ0n) is 16.2. The Morgan fingerprint density at radius 1 is 1.10 bits per heavy atom. The van der Waals surface area contributed by atoms with E-state index in [-0.39, 0.29) is 24.5 Å². The molecule has 8 nitrogen and oxygen atoms in total. The molecule has 1 aliphatic heterocycles. The van der Waals surface area contributed by atoms with Gasteiger partial charge in [0.05, 0.1) is 34.8 Å². The molecule has 1 aromatic carbocycles. The first kappa shape index (κ1) is 21.8. The molecule has 30 heavy (non-hydrogen) atoms. The number of methoxy groups -OCH3 is 1. The van der Waals surface area contributed by atoms with Gasteiger partial charge in [0.1, 0.15) is 17.2 Å². The third-order valence-corrected chi connectivity index (χ3v) is 5.82. The van der Waals surface area contributed by atoms with Gasteiger partial charge in [-0.1, -0.05) is 12.1 Å². The molecular weight excluding hydrogens is 476 g/mol. The number of urea groups is 1. The van der Waals surface area contributed by atoms with Crippen molar-refractivity contribution >= 4 is 45.2 Å². The summed E-state index contributed by atoms with van der Waals surface area (Å²) in [6.07, 6.45) is 0. The molecule has 0 fully saturated rings. The molecule has 1 atom stereocenters. The number of thiophene rings is 1. The van der Waals surface area contributed by atoms with Crippen molar-refractivity contribution in [1.82, 2.24) is 10.6 Å². The van der Waals surface area contributed by atoms with Crippen LogP contribution in [0.4, 0.5) is 4.79 Å². The highest BCUT2D eigenvalue weighted by atomic mass is 79.9. The van der Waals surface area contributed by atoms with E-state index in [1.165, 1.54) is 11.3 Å². The van der Waals surface area contributed by atoms with Gasteiger partial charge in [0, 0.05) is 0 Å². The summed E-state index contributed by atoms with van der Waals surface area (Å²) in [6.45, 7) is 1.55. The molecule has 2 aromatic rings. The first-order valence-electron chi connectivity index (χ1n) is 8.97. The summed E-state index contributed by atoms with van der Waals surface area (Å²) in [5, 5.41) is 5.28. The van der Waals surface area contributed by atoms with Crippen molar-refractivity contribution in [1.29, 1.82) is 0 Å². The van der Waals surface area contributed by atoms with Crippen LogP contribution in [0.3, 0.4) is 0 Å². The topological polar surface area (TPSA) is 103 Å². The highest BCUT2D eigenvalue weighted by molar-refractivity contribution is 9.11. The van der Waals surface area contributed by atoms with E-state index in [1.54, 1.807) is 50.4 Å². The molecule has 0 saturated carbocycles. The van der Waals surface area contributed by atoms with Gasteiger partial charge < -0.3 is 24.8 Å². The average molecular weight is 495 g/mol. The normalized spacial score (nSPS) is 15.8. The van der Waals surface area contributed by atoms with Crippen molar-refractivity contribution in [3.05, 3.63) is 61.9 Å². The van der Waals surface area contributed by atoms with E-state index in [1.807, 2.05) is 0 Å². The number of hydrogen-bond donors (Lipinski definition) is 2. The number of amides is 2. The van der Waals surface area contributed by atoms with Crippen molar-refractivity contribution in [3.63, 3.8) is 0 Å². The summed E-state index contributed by atoms with van der Waals surface area (Å²) in [7, 11) is 1.55. The minimum absolute atomic E-state index is 0.155. The SMILES string of the molecule is CCOC(=O)C1=C(COC(=O)c2ccc(Br)s2)NC(=O)NC1c1ccc(OC)cc1. The van der Waals surface area contributed by atoms with Gasteiger partial charge in [-0.15, -0.1) is 11.3 Å². The van der Waals surface area contributed by atoms with Gasteiger partial charge in [-0.05, 0) is 52.7 Å². The van der Waals surface area contributed by atoms with Crippen molar-refractivity contribution in [2.75, 3.05) is 20.3 Å². The number of esters is 2. The van der Waals surface area contributed by atoms with Gasteiger partial charge in [0.25, 0.3) is 0 Å². The molecule has 1 aliphatic rings. The fourth-order valence-electron chi connectivity index (χ4n) is 2.86. The second-order valence-corrected chi connectivity index (χ2v) is 8.56. The lowest BCUT2D eigenvalue weighted by Crippen LogP contribution is -2.47. The van der Waals surface area contributed by atoms with E-state index in [0.29, 0.717) is 16.2 Å². The standard InChI is InChI=1S/C20H19BrN2O6S/c1-3-28-19(25)16-13(10-29-18(24)14-8-9-15(21)30-14)22-20(26)23-17(16)11-4-6-12(27-2)7-5-11/h4-9,17H,3,10H2,1-2H3,(H2,22,23,26). The maximum absolute atomic E-state index is 12.7. The van der Waals surface area contributed by atoms with Crippen LogP contribution in [-0.2, 0) is 14.3 Å². The number of carbonyl (C=O) groups is 3. The van der Waals surface area contributed by atoms with Crippen LogP contribution in [0.15, 0.2) is 51.5 Å². The molecule has 158 valence electrons. The Kier molecular flexibility index (Phi) is 7.11. The van der Waals surface area contributed by atoms with E-state index in [0.717, 1.165) is 3.79 Å².